The van der Waals surface area contributed by atoms with Crippen molar-refractivity contribution in [2.75, 3.05) is 6.61 Å². The molecule has 0 aromatic heterocycles. The molecule has 0 aliphatic carbocycles. The van der Waals surface area contributed by atoms with Gasteiger partial charge in [0.1, 0.15) is 5.75 Å². The lowest BCUT2D eigenvalue weighted by Gasteiger charge is -2.01. The standard InChI is InChI=1S/C11H9ClO3/c12-10-5-8(3-1-2-4-13)11(15)9(6-10)7-14/h5-7,13,15H,2,4H2. The van der Waals surface area contributed by atoms with E-state index in [2.05, 4.69) is 11.8 Å². The zero-order chi connectivity index (χ0) is 11.3. The molecule has 0 unspecified atom stereocenters. The van der Waals surface area contributed by atoms with Gasteiger partial charge in [-0.15, -0.1) is 0 Å². The molecule has 1 aromatic rings. The van der Waals surface area contributed by atoms with Gasteiger partial charge in [0.05, 0.1) is 17.7 Å². The maximum atomic E-state index is 10.6. The van der Waals surface area contributed by atoms with Crippen LogP contribution in [0.4, 0.5) is 0 Å². The average molecular weight is 225 g/mol. The fourth-order valence-corrected chi connectivity index (χ4v) is 1.25. The van der Waals surface area contributed by atoms with Crippen LogP contribution in [0.1, 0.15) is 22.3 Å². The second-order valence-electron chi connectivity index (χ2n) is 2.78. The molecule has 0 aliphatic heterocycles. The third kappa shape index (κ3) is 2.98. The normalized spacial score (nSPS) is 9.20. The minimum Gasteiger partial charge on any atom is -0.506 e. The zero-order valence-corrected chi connectivity index (χ0v) is 8.58. The van der Waals surface area contributed by atoms with Crippen LogP contribution >= 0.6 is 11.6 Å². The molecular formula is C11H9ClO3. The number of aldehydes is 1. The van der Waals surface area contributed by atoms with Gasteiger partial charge < -0.3 is 10.2 Å². The maximum Gasteiger partial charge on any atom is 0.153 e. The number of halogens is 1. The van der Waals surface area contributed by atoms with Crippen molar-refractivity contribution in [2.24, 2.45) is 0 Å². The molecule has 0 aliphatic rings. The Hall–Kier alpha value is -1.50. The molecule has 1 aromatic carbocycles. The Kier molecular flexibility index (Phi) is 4.17. The Morgan fingerprint density at radius 2 is 2.20 bits per heavy atom. The molecule has 0 amide bonds. The lowest BCUT2D eigenvalue weighted by Crippen LogP contribution is -1.86. The molecule has 0 fully saturated rings. The number of rotatable bonds is 2. The average Bonchev–Trinajstić information content (AvgIpc) is 2.23. The molecule has 0 radical (unpaired) electrons. The van der Waals surface area contributed by atoms with Gasteiger partial charge in [0, 0.05) is 11.4 Å². The fraction of sp³-hybridized carbons (Fsp3) is 0.182. The number of carbonyl (C=O) groups excluding carboxylic acids is 1. The molecule has 1 rings (SSSR count). The maximum absolute atomic E-state index is 10.6. The highest BCUT2D eigenvalue weighted by Crippen LogP contribution is 2.25. The molecule has 2 N–H and O–H groups in total. The summed E-state index contributed by atoms with van der Waals surface area (Å²) in [4.78, 5) is 10.6. The van der Waals surface area contributed by atoms with E-state index < -0.39 is 0 Å². The van der Waals surface area contributed by atoms with Gasteiger partial charge in [-0.2, -0.15) is 0 Å². The van der Waals surface area contributed by atoms with Crippen molar-refractivity contribution in [3.63, 3.8) is 0 Å². The first-order valence-electron chi connectivity index (χ1n) is 4.26. The summed E-state index contributed by atoms with van der Waals surface area (Å²) in [5.41, 5.74) is 0.397. The number of carbonyl (C=O) groups is 1. The van der Waals surface area contributed by atoms with Gasteiger partial charge in [0.2, 0.25) is 0 Å². The summed E-state index contributed by atoms with van der Waals surface area (Å²) in [6.07, 6.45) is 0.820. The minimum absolute atomic E-state index is 0.0468. The van der Waals surface area contributed by atoms with Crippen LogP contribution in [0.3, 0.4) is 0 Å². The smallest absolute Gasteiger partial charge is 0.153 e. The molecule has 0 spiro atoms. The summed E-state index contributed by atoms with van der Waals surface area (Å²) in [5, 5.41) is 18.4. The molecular weight excluding hydrogens is 216 g/mol. The number of aliphatic hydroxyl groups is 1. The number of phenolic OH excluding ortho intramolecular Hbond substituents is 1. The first kappa shape index (κ1) is 11.6. The molecule has 4 heteroatoms. The van der Waals surface area contributed by atoms with E-state index in [1.165, 1.54) is 12.1 Å². The van der Waals surface area contributed by atoms with E-state index in [9.17, 15) is 9.90 Å². The van der Waals surface area contributed by atoms with Crippen molar-refractivity contribution in [1.29, 1.82) is 0 Å². The van der Waals surface area contributed by atoms with E-state index in [0.717, 1.165) is 0 Å². The predicted octanol–water partition coefficient (Wildman–Crippen LogP) is 1.59. The van der Waals surface area contributed by atoms with Gasteiger partial charge in [-0.05, 0) is 12.1 Å². The molecule has 3 nitrogen and oxygen atoms in total. The predicted molar refractivity (Wildman–Crippen MR) is 57.1 cm³/mol. The number of aliphatic hydroxyl groups excluding tert-OH is 1. The highest BCUT2D eigenvalue weighted by molar-refractivity contribution is 6.31. The Morgan fingerprint density at radius 1 is 1.47 bits per heavy atom. The second-order valence-corrected chi connectivity index (χ2v) is 3.22. The van der Waals surface area contributed by atoms with Crippen molar-refractivity contribution in [3.8, 4) is 17.6 Å². The number of phenols is 1. The summed E-state index contributed by atoms with van der Waals surface area (Å²) in [6, 6.07) is 2.83. The number of hydrogen-bond acceptors (Lipinski definition) is 3. The zero-order valence-electron chi connectivity index (χ0n) is 7.83. The summed E-state index contributed by atoms with van der Waals surface area (Å²) >= 11 is 5.73. The lowest BCUT2D eigenvalue weighted by molar-refractivity contribution is 0.112. The monoisotopic (exact) mass is 224 g/mol. The summed E-state index contributed by atoms with van der Waals surface area (Å²) in [7, 11) is 0. The summed E-state index contributed by atoms with van der Waals surface area (Å²) in [5.74, 6) is 5.08. The van der Waals surface area contributed by atoms with Gasteiger partial charge in [-0.1, -0.05) is 23.4 Å². The lowest BCUT2D eigenvalue weighted by atomic mass is 10.1. The van der Waals surface area contributed by atoms with E-state index in [1.807, 2.05) is 0 Å². The van der Waals surface area contributed by atoms with Gasteiger partial charge >= 0.3 is 0 Å². The van der Waals surface area contributed by atoms with E-state index >= 15 is 0 Å². The van der Waals surface area contributed by atoms with Crippen molar-refractivity contribution in [3.05, 3.63) is 28.3 Å². The van der Waals surface area contributed by atoms with Crippen LogP contribution in [0.25, 0.3) is 0 Å². The van der Waals surface area contributed by atoms with Crippen molar-refractivity contribution in [2.45, 2.75) is 6.42 Å². The van der Waals surface area contributed by atoms with E-state index in [-0.39, 0.29) is 23.5 Å². The molecule has 15 heavy (non-hydrogen) atoms. The first-order chi connectivity index (χ1) is 7.19. The van der Waals surface area contributed by atoms with Crippen LogP contribution in [-0.2, 0) is 0 Å². The quantitative estimate of drug-likeness (QED) is 0.593. The summed E-state index contributed by atoms with van der Waals surface area (Å²) < 4.78 is 0. The topological polar surface area (TPSA) is 57.5 Å². The number of hydrogen-bond donors (Lipinski definition) is 2. The molecule has 0 bridgehead atoms. The van der Waals surface area contributed by atoms with E-state index in [1.54, 1.807) is 0 Å². The van der Waals surface area contributed by atoms with E-state index in [0.29, 0.717) is 17.7 Å². The third-order valence-electron chi connectivity index (χ3n) is 1.69. The van der Waals surface area contributed by atoms with Crippen LogP contribution in [-0.4, -0.2) is 23.1 Å². The minimum atomic E-state index is -0.181. The first-order valence-corrected chi connectivity index (χ1v) is 4.64. The Morgan fingerprint density at radius 3 is 2.80 bits per heavy atom. The van der Waals surface area contributed by atoms with Crippen LogP contribution in [0, 0.1) is 11.8 Å². The fourth-order valence-electron chi connectivity index (χ4n) is 1.02. The highest BCUT2D eigenvalue weighted by atomic mass is 35.5. The third-order valence-corrected chi connectivity index (χ3v) is 1.91. The molecule has 0 saturated heterocycles. The Bertz CT molecular complexity index is 429. The molecule has 78 valence electrons. The van der Waals surface area contributed by atoms with Crippen LogP contribution in [0.15, 0.2) is 12.1 Å². The Labute approximate surface area is 92.3 Å². The van der Waals surface area contributed by atoms with Gasteiger partial charge in [0.15, 0.2) is 6.29 Å². The van der Waals surface area contributed by atoms with Crippen molar-refractivity contribution < 1.29 is 15.0 Å². The van der Waals surface area contributed by atoms with Crippen LogP contribution in [0.2, 0.25) is 5.02 Å². The second kappa shape index (κ2) is 5.40. The summed E-state index contributed by atoms with van der Waals surface area (Å²) in [6.45, 7) is -0.0468. The van der Waals surface area contributed by atoms with Crippen LogP contribution < -0.4 is 0 Å². The number of benzene rings is 1. The van der Waals surface area contributed by atoms with Gasteiger partial charge in [0.25, 0.3) is 0 Å². The van der Waals surface area contributed by atoms with E-state index in [4.69, 9.17) is 16.7 Å². The van der Waals surface area contributed by atoms with Gasteiger partial charge in [-0.3, -0.25) is 4.79 Å². The van der Waals surface area contributed by atoms with Crippen LogP contribution in [0.5, 0.6) is 5.75 Å². The van der Waals surface area contributed by atoms with Crippen molar-refractivity contribution >= 4 is 17.9 Å². The largest absolute Gasteiger partial charge is 0.506 e. The molecule has 0 saturated carbocycles. The molecule has 0 heterocycles. The molecule has 0 atom stereocenters. The SMILES string of the molecule is O=Cc1cc(Cl)cc(C#CCCO)c1O. The van der Waals surface area contributed by atoms with Gasteiger partial charge in [-0.25, -0.2) is 0 Å². The van der Waals surface area contributed by atoms with Crippen molar-refractivity contribution in [1.82, 2.24) is 0 Å². The number of aromatic hydroxyl groups is 1. The highest BCUT2D eigenvalue weighted by Gasteiger charge is 2.06. The Balaban J connectivity index is 3.13.